The van der Waals surface area contributed by atoms with E-state index in [2.05, 4.69) is 0 Å². The predicted octanol–water partition coefficient (Wildman–Crippen LogP) is 3.01. The van der Waals surface area contributed by atoms with Crippen molar-refractivity contribution >= 4 is 0 Å². The second-order valence-electron chi connectivity index (χ2n) is 4.73. The van der Waals surface area contributed by atoms with Gasteiger partial charge in [0, 0.05) is 12.5 Å². The highest BCUT2D eigenvalue weighted by Crippen LogP contribution is 2.25. The summed E-state index contributed by atoms with van der Waals surface area (Å²) in [6, 6.07) is 0. The van der Waals surface area contributed by atoms with Crippen LogP contribution in [0.1, 0.15) is 34.6 Å². The zero-order valence-corrected chi connectivity index (χ0v) is 9.49. The van der Waals surface area contributed by atoms with E-state index in [0.29, 0.717) is 5.92 Å². The van der Waals surface area contributed by atoms with Crippen LogP contribution in [0, 0.1) is 5.92 Å². The minimum atomic E-state index is -2.61. The first-order valence-corrected chi connectivity index (χ1v) is 4.66. The highest BCUT2D eigenvalue weighted by Gasteiger charge is 2.33. The van der Waals surface area contributed by atoms with Gasteiger partial charge in [-0.3, -0.25) is 4.90 Å². The van der Waals surface area contributed by atoms with Crippen LogP contribution in [0.2, 0.25) is 0 Å². The lowest BCUT2D eigenvalue weighted by molar-refractivity contribution is -0.0410. The summed E-state index contributed by atoms with van der Waals surface area (Å²) >= 11 is 0. The van der Waals surface area contributed by atoms with E-state index in [1.165, 1.54) is 0 Å². The molecule has 13 heavy (non-hydrogen) atoms. The molecule has 0 bridgehead atoms. The van der Waals surface area contributed by atoms with E-state index in [4.69, 9.17) is 0 Å². The Hall–Kier alpha value is -0.180. The molecule has 0 aromatic rings. The van der Waals surface area contributed by atoms with Crippen LogP contribution in [0.3, 0.4) is 0 Å². The van der Waals surface area contributed by atoms with Gasteiger partial charge in [0.1, 0.15) is 0 Å². The quantitative estimate of drug-likeness (QED) is 0.663. The summed E-state index contributed by atoms with van der Waals surface area (Å²) in [4.78, 5) is 1.72. The molecule has 1 nitrogen and oxygen atoms in total. The second-order valence-corrected chi connectivity index (χ2v) is 4.73. The largest absolute Gasteiger partial charge is 0.295 e. The van der Waals surface area contributed by atoms with Crippen LogP contribution in [0.25, 0.3) is 0 Å². The Morgan fingerprint density at radius 1 is 1.15 bits per heavy atom. The highest BCUT2D eigenvalue weighted by atomic mass is 19.3. The average Bonchev–Trinajstić information content (AvgIpc) is 1.82. The van der Waals surface area contributed by atoms with Gasteiger partial charge in [0.2, 0.25) is 0 Å². The summed E-state index contributed by atoms with van der Waals surface area (Å²) in [6.07, 6.45) is 0. The molecule has 0 unspecified atom stereocenters. The first kappa shape index (κ1) is 12.8. The lowest BCUT2D eigenvalue weighted by atomic mass is 9.89. The first-order valence-electron chi connectivity index (χ1n) is 4.66. The van der Waals surface area contributed by atoms with Crippen molar-refractivity contribution < 1.29 is 8.78 Å². The van der Waals surface area contributed by atoms with Crippen molar-refractivity contribution in [2.75, 3.05) is 13.6 Å². The minimum absolute atomic E-state index is 0.181. The van der Waals surface area contributed by atoms with Crippen molar-refractivity contribution in [3.05, 3.63) is 0 Å². The van der Waals surface area contributed by atoms with Gasteiger partial charge in [0.15, 0.2) is 0 Å². The molecule has 0 fully saturated rings. The highest BCUT2D eigenvalue weighted by molar-refractivity contribution is 4.84. The number of nitrogens with zero attached hydrogens (tertiary/aromatic N) is 1. The zero-order valence-electron chi connectivity index (χ0n) is 9.49. The molecular formula is C10H21F2N. The molecule has 0 aliphatic carbocycles. The first-order chi connectivity index (χ1) is 5.57. The molecule has 0 aliphatic rings. The maximum Gasteiger partial charge on any atom is 0.257 e. The van der Waals surface area contributed by atoms with Gasteiger partial charge in [-0.05, 0) is 26.8 Å². The topological polar surface area (TPSA) is 3.24 Å². The number of alkyl halides is 2. The fraction of sp³-hybridized carbons (Fsp3) is 1.00. The Labute approximate surface area is 80.1 Å². The SMILES string of the molecule is CC(C)C(C)(C)N(C)CC(C)(F)F. The van der Waals surface area contributed by atoms with Crippen LogP contribution in [0.4, 0.5) is 8.78 Å². The Morgan fingerprint density at radius 2 is 1.54 bits per heavy atom. The van der Waals surface area contributed by atoms with Crippen LogP contribution >= 0.6 is 0 Å². The number of hydrogen-bond acceptors (Lipinski definition) is 1. The molecule has 0 atom stereocenters. The molecule has 0 rings (SSSR count). The van der Waals surface area contributed by atoms with Crippen molar-refractivity contribution in [2.24, 2.45) is 5.92 Å². The maximum absolute atomic E-state index is 12.7. The van der Waals surface area contributed by atoms with Crippen LogP contribution in [0.5, 0.6) is 0 Å². The van der Waals surface area contributed by atoms with Gasteiger partial charge in [-0.1, -0.05) is 13.8 Å². The number of halogens is 2. The molecule has 0 N–H and O–H groups in total. The summed E-state index contributed by atoms with van der Waals surface area (Å²) < 4.78 is 25.4. The summed E-state index contributed by atoms with van der Waals surface area (Å²) in [7, 11) is 1.75. The maximum atomic E-state index is 12.7. The Kier molecular flexibility index (Phi) is 3.85. The van der Waals surface area contributed by atoms with E-state index in [0.717, 1.165) is 6.92 Å². The molecule has 0 aliphatic heterocycles. The van der Waals surface area contributed by atoms with Gasteiger partial charge in [-0.25, -0.2) is 8.78 Å². The van der Waals surface area contributed by atoms with E-state index in [-0.39, 0.29) is 12.1 Å². The number of hydrogen-bond donors (Lipinski definition) is 0. The monoisotopic (exact) mass is 193 g/mol. The van der Waals surface area contributed by atoms with Crippen molar-refractivity contribution in [3.8, 4) is 0 Å². The van der Waals surface area contributed by atoms with Gasteiger partial charge < -0.3 is 0 Å². The van der Waals surface area contributed by atoms with E-state index < -0.39 is 5.92 Å². The van der Waals surface area contributed by atoms with Crippen molar-refractivity contribution in [2.45, 2.75) is 46.1 Å². The molecule has 0 saturated heterocycles. The predicted molar refractivity (Wildman–Crippen MR) is 52.2 cm³/mol. The molecule has 0 amide bonds. The van der Waals surface area contributed by atoms with Gasteiger partial charge in [-0.2, -0.15) is 0 Å². The fourth-order valence-electron chi connectivity index (χ4n) is 1.06. The fourth-order valence-corrected chi connectivity index (χ4v) is 1.06. The second kappa shape index (κ2) is 3.91. The van der Waals surface area contributed by atoms with Gasteiger partial charge in [0.25, 0.3) is 5.92 Å². The summed E-state index contributed by atoms with van der Waals surface area (Å²) in [6.45, 7) is 8.85. The zero-order chi connectivity index (χ0) is 10.9. The van der Waals surface area contributed by atoms with Crippen molar-refractivity contribution in [1.29, 1.82) is 0 Å². The third kappa shape index (κ3) is 4.03. The average molecular weight is 193 g/mol. The lowest BCUT2D eigenvalue weighted by Crippen LogP contribution is -2.49. The molecule has 0 heterocycles. The lowest BCUT2D eigenvalue weighted by Gasteiger charge is -2.40. The van der Waals surface area contributed by atoms with E-state index in [9.17, 15) is 8.78 Å². The van der Waals surface area contributed by atoms with Crippen LogP contribution in [-0.4, -0.2) is 30.0 Å². The number of rotatable bonds is 4. The van der Waals surface area contributed by atoms with Crippen LogP contribution in [0.15, 0.2) is 0 Å². The summed E-state index contributed by atoms with van der Waals surface area (Å²) in [5.74, 6) is -2.25. The summed E-state index contributed by atoms with van der Waals surface area (Å²) in [5, 5.41) is 0. The molecular weight excluding hydrogens is 172 g/mol. The molecule has 80 valence electrons. The van der Waals surface area contributed by atoms with E-state index >= 15 is 0 Å². The molecule has 3 heteroatoms. The minimum Gasteiger partial charge on any atom is -0.295 e. The smallest absolute Gasteiger partial charge is 0.257 e. The van der Waals surface area contributed by atoms with Crippen molar-refractivity contribution in [3.63, 3.8) is 0 Å². The Bertz CT molecular complexity index is 159. The van der Waals surface area contributed by atoms with E-state index in [1.54, 1.807) is 11.9 Å². The Balaban J connectivity index is 4.34. The molecule has 0 spiro atoms. The molecule has 0 aromatic heterocycles. The normalized spacial score (nSPS) is 14.3. The standard InChI is InChI=1S/C10H21F2N/c1-8(2)9(3,4)13(6)7-10(5,11)12/h8H,7H2,1-6H3. The summed E-state index contributed by atoms with van der Waals surface area (Å²) in [5.41, 5.74) is -0.181. The van der Waals surface area contributed by atoms with Crippen molar-refractivity contribution in [1.82, 2.24) is 4.90 Å². The molecule has 0 radical (unpaired) electrons. The van der Waals surface area contributed by atoms with Crippen LogP contribution < -0.4 is 0 Å². The van der Waals surface area contributed by atoms with Gasteiger partial charge in [-0.15, -0.1) is 0 Å². The Morgan fingerprint density at radius 3 is 1.77 bits per heavy atom. The third-order valence-corrected chi connectivity index (χ3v) is 2.91. The third-order valence-electron chi connectivity index (χ3n) is 2.91. The molecule has 0 aromatic carbocycles. The van der Waals surface area contributed by atoms with E-state index in [1.807, 2.05) is 27.7 Å². The van der Waals surface area contributed by atoms with Crippen LogP contribution in [-0.2, 0) is 0 Å². The van der Waals surface area contributed by atoms with Gasteiger partial charge in [0.05, 0.1) is 6.54 Å². The molecule has 0 saturated carbocycles. The van der Waals surface area contributed by atoms with Gasteiger partial charge >= 0.3 is 0 Å².